The lowest BCUT2D eigenvalue weighted by Gasteiger charge is -2.09. The van der Waals surface area contributed by atoms with Crippen LogP contribution in [0.2, 0.25) is 0 Å². The highest BCUT2D eigenvalue weighted by Gasteiger charge is 2.23. The summed E-state index contributed by atoms with van der Waals surface area (Å²) >= 11 is 0. The Morgan fingerprint density at radius 1 is 1.35 bits per heavy atom. The van der Waals surface area contributed by atoms with Crippen LogP contribution in [0.5, 0.6) is 5.75 Å². The molecule has 1 aliphatic heterocycles. The van der Waals surface area contributed by atoms with Crippen LogP contribution in [0.1, 0.15) is 11.6 Å². The Labute approximate surface area is 102 Å². The third-order valence-electron chi connectivity index (χ3n) is 2.18. The average molecular weight is 266 g/mol. The lowest BCUT2D eigenvalue weighted by Crippen LogP contribution is -2.18. The molecule has 0 unspecified atom stereocenters. The lowest BCUT2D eigenvalue weighted by molar-refractivity contribution is -0.0498. The summed E-state index contributed by atoms with van der Waals surface area (Å²) < 4.78 is 32.7. The molecule has 1 heterocycles. The number of amides is 1. The van der Waals surface area contributed by atoms with Crippen LogP contribution in [0.15, 0.2) is 24.3 Å². The second-order valence-corrected chi connectivity index (χ2v) is 3.24. The van der Waals surface area contributed by atoms with E-state index in [1.54, 1.807) is 12.1 Å². The van der Waals surface area contributed by atoms with Gasteiger partial charge in [-0.25, -0.2) is 4.79 Å². The van der Waals surface area contributed by atoms with Gasteiger partial charge in [0.2, 0.25) is 0 Å². The Morgan fingerprint density at radius 2 is 2.00 bits per heavy atom. The fourth-order valence-electron chi connectivity index (χ4n) is 1.45. The van der Waals surface area contributed by atoms with Gasteiger partial charge in [-0.3, -0.25) is 0 Å². The van der Waals surface area contributed by atoms with Crippen LogP contribution in [-0.2, 0) is 4.74 Å². The van der Waals surface area contributed by atoms with Crippen molar-refractivity contribution >= 4 is 18.5 Å². The highest BCUT2D eigenvalue weighted by atomic mass is 35.5. The Morgan fingerprint density at radius 3 is 2.47 bits per heavy atom. The van der Waals surface area contributed by atoms with Gasteiger partial charge in [0.15, 0.2) is 0 Å². The zero-order valence-corrected chi connectivity index (χ0v) is 9.38. The van der Waals surface area contributed by atoms with Crippen molar-refractivity contribution in [3.05, 3.63) is 29.8 Å². The van der Waals surface area contributed by atoms with E-state index in [2.05, 4.69) is 10.1 Å². The maximum Gasteiger partial charge on any atom is 0.407 e. The standard InChI is InChI=1S/C10H9F2NO3.ClH/c11-9(12)16-7-3-1-6(2-4-7)8-5-15-10(14)13-8;/h1-4,8-9H,5H2,(H,13,14);1H/t8-;/m0./s1. The molecule has 2 rings (SSSR count). The molecule has 94 valence electrons. The SMILES string of the molecule is Cl.O=C1N[C@H](c2ccc(OC(F)F)cc2)CO1. The van der Waals surface area contributed by atoms with E-state index in [0.29, 0.717) is 0 Å². The second kappa shape index (κ2) is 5.67. The smallest absolute Gasteiger partial charge is 0.407 e. The molecule has 1 amide bonds. The number of nitrogens with one attached hydrogen (secondary N) is 1. The molecule has 4 nitrogen and oxygen atoms in total. The van der Waals surface area contributed by atoms with Crippen LogP contribution in [0.25, 0.3) is 0 Å². The summed E-state index contributed by atoms with van der Waals surface area (Å²) in [7, 11) is 0. The largest absolute Gasteiger partial charge is 0.447 e. The molecule has 0 saturated carbocycles. The Balaban J connectivity index is 0.00000144. The number of halogens is 3. The summed E-state index contributed by atoms with van der Waals surface area (Å²) in [6.07, 6.45) is -0.474. The molecule has 0 aromatic heterocycles. The number of alkyl carbamates (subject to hydrolysis) is 1. The van der Waals surface area contributed by atoms with Gasteiger partial charge in [0, 0.05) is 0 Å². The molecule has 1 aromatic carbocycles. The first-order chi connectivity index (χ1) is 7.65. The Kier molecular flexibility index (Phi) is 4.51. The molecule has 1 aliphatic rings. The van der Waals surface area contributed by atoms with E-state index in [1.165, 1.54) is 12.1 Å². The van der Waals surface area contributed by atoms with E-state index in [4.69, 9.17) is 4.74 Å². The van der Waals surface area contributed by atoms with Gasteiger partial charge < -0.3 is 14.8 Å². The summed E-state index contributed by atoms with van der Waals surface area (Å²) in [5.41, 5.74) is 0.785. The number of cyclic esters (lactones) is 1. The van der Waals surface area contributed by atoms with Gasteiger partial charge in [0.1, 0.15) is 12.4 Å². The number of carbonyl (C=O) groups excluding carboxylic acids is 1. The fraction of sp³-hybridized carbons (Fsp3) is 0.300. The summed E-state index contributed by atoms with van der Waals surface area (Å²) in [6.45, 7) is -2.59. The zero-order valence-electron chi connectivity index (χ0n) is 8.56. The van der Waals surface area contributed by atoms with Gasteiger partial charge in [0.05, 0.1) is 6.04 Å². The lowest BCUT2D eigenvalue weighted by atomic mass is 10.1. The predicted molar refractivity (Wildman–Crippen MR) is 57.5 cm³/mol. The van der Waals surface area contributed by atoms with Gasteiger partial charge >= 0.3 is 12.7 Å². The van der Waals surface area contributed by atoms with E-state index in [1.807, 2.05) is 0 Å². The fourth-order valence-corrected chi connectivity index (χ4v) is 1.45. The highest BCUT2D eigenvalue weighted by molar-refractivity contribution is 5.85. The summed E-state index contributed by atoms with van der Waals surface area (Å²) in [6, 6.07) is 5.83. The monoisotopic (exact) mass is 265 g/mol. The van der Waals surface area contributed by atoms with E-state index in [9.17, 15) is 13.6 Å². The zero-order chi connectivity index (χ0) is 11.5. The maximum atomic E-state index is 11.9. The molecule has 0 spiro atoms. The van der Waals surface area contributed by atoms with Crippen LogP contribution in [0.4, 0.5) is 13.6 Å². The number of hydrogen-bond donors (Lipinski definition) is 1. The number of carbonyl (C=O) groups is 1. The van der Waals surface area contributed by atoms with Crippen molar-refractivity contribution in [1.82, 2.24) is 5.32 Å². The molecule has 7 heteroatoms. The van der Waals surface area contributed by atoms with Crippen LogP contribution >= 0.6 is 12.4 Å². The molecule has 1 atom stereocenters. The average Bonchev–Trinajstić information content (AvgIpc) is 2.65. The normalized spacial score (nSPS) is 18.3. The molecule has 1 aromatic rings. The first-order valence-electron chi connectivity index (χ1n) is 4.63. The molecule has 0 radical (unpaired) electrons. The molecule has 0 bridgehead atoms. The molecule has 0 aliphatic carbocycles. The Hall–Kier alpha value is -1.56. The Bertz CT molecular complexity index is 386. The first kappa shape index (κ1) is 13.5. The van der Waals surface area contributed by atoms with E-state index < -0.39 is 12.7 Å². The molecule has 1 N–H and O–H groups in total. The van der Waals surface area contributed by atoms with E-state index >= 15 is 0 Å². The van der Waals surface area contributed by atoms with Crippen molar-refractivity contribution in [3.63, 3.8) is 0 Å². The third-order valence-corrected chi connectivity index (χ3v) is 2.18. The van der Waals surface area contributed by atoms with Crippen LogP contribution in [-0.4, -0.2) is 19.3 Å². The topological polar surface area (TPSA) is 47.6 Å². The minimum absolute atomic E-state index is 0. The number of rotatable bonds is 3. The number of alkyl halides is 2. The van der Waals surface area contributed by atoms with Gasteiger partial charge in [-0.2, -0.15) is 8.78 Å². The van der Waals surface area contributed by atoms with Crippen molar-refractivity contribution in [1.29, 1.82) is 0 Å². The van der Waals surface area contributed by atoms with Crippen LogP contribution in [0.3, 0.4) is 0 Å². The molecular formula is C10H10ClF2NO3. The quantitative estimate of drug-likeness (QED) is 0.913. The minimum atomic E-state index is -2.83. The first-order valence-corrected chi connectivity index (χ1v) is 4.63. The maximum absolute atomic E-state index is 11.9. The van der Waals surface area contributed by atoms with Gasteiger partial charge in [-0.1, -0.05) is 12.1 Å². The second-order valence-electron chi connectivity index (χ2n) is 3.24. The van der Waals surface area contributed by atoms with Crippen molar-refractivity contribution in [2.24, 2.45) is 0 Å². The summed E-state index contributed by atoms with van der Waals surface area (Å²) in [5, 5.41) is 2.58. The van der Waals surface area contributed by atoms with Crippen molar-refractivity contribution in [2.45, 2.75) is 12.7 Å². The van der Waals surface area contributed by atoms with Gasteiger partial charge in [0.25, 0.3) is 0 Å². The third kappa shape index (κ3) is 3.45. The molecular weight excluding hydrogens is 256 g/mol. The molecule has 17 heavy (non-hydrogen) atoms. The van der Waals surface area contributed by atoms with Crippen molar-refractivity contribution in [3.8, 4) is 5.75 Å². The van der Waals surface area contributed by atoms with E-state index in [0.717, 1.165) is 5.56 Å². The number of ether oxygens (including phenoxy) is 2. The van der Waals surface area contributed by atoms with Gasteiger partial charge in [-0.05, 0) is 17.7 Å². The number of benzene rings is 1. The summed E-state index contributed by atoms with van der Waals surface area (Å²) in [4.78, 5) is 10.8. The minimum Gasteiger partial charge on any atom is -0.447 e. The summed E-state index contributed by atoms with van der Waals surface area (Å²) in [5.74, 6) is 0.0870. The van der Waals surface area contributed by atoms with Crippen molar-refractivity contribution < 1.29 is 23.0 Å². The van der Waals surface area contributed by atoms with Crippen molar-refractivity contribution in [2.75, 3.05) is 6.61 Å². The van der Waals surface area contributed by atoms with Crippen LogP contribution in [0, 0.1) is 0 Å². The highest BCUT2D eigenvalue weighted by Crippen LogP contribution is 2.21. The van der Waals surface area contributed by atoms with Gasteiger partial charge in [-0.15, -0.1) is 12.4 Å². The van der Waals surface area contributed by atoms with E-state index in [-0.39, 0.29) is 30.8 Å². The number of hydrogen-bond acceptors (Lipinski definition) is 3. The molecule has 1 fully saturated rings. The van der Waals surface area contributed by atoms with Crippen LogP contribution < -0.4 is 10.1 Å². The molecule has 1 saturated heterocycles. The predicted octanol–water partition coefficient (Wildman–Crippen LogP) is 2.49.